The number of benzene rings is 1. The van der Waals surface area contributed by atoms with Crippen molar-refractivity contribution in [3.63, 3.8) is 0 Å². The van der Waals surface area contributed by atoms with Crippen molar-refractivity contribution in [2.75, 3.05) is 0 Å². The van der Waals surface area contributed by atoms with Crippen LogP contribution in [-0.2, 0) is 0 Å². The number of hydrogen-bond donors (Lipinski definition) is 3. The average molecular weight is 160 g/mol. The number of amides is 1. The second kappa shape index (κ2) is 3.03. The molecule has 0 aromatic heterocycles. The highest BCUT2D eigenvalue weighted by atomic mass is 16.3. The minimum absolute atomic E-state index is 0. The molecule has 4 nitrogen and oxygen atoms in total. The normalized spacial score (nSPS) is 14.3. The third-order valence-electron chi connectivity index (χ3n) is 0.970. The molecule has 0 fully saturated rings. The van der Waals surface area contributed by atoms with Gasteiger partial charge in [0.1, 0.15) is 5.75 Å². The van der Waals surface area contributed by atoms with Crippen molar-refractivity contribution in [2.24, 2.45) is 5.84 Å². The van der Waals surface area contributed by atoms with Crippen molar-refractivity contribution >= 4 is 5.91 Å². The Morgan fingerprint density at radius 1 is 1.64 bits per heavy atom. The van der Waals surface area contributed by atoms with Crippen LogP contribution in [-0.4, -0.2) is 11.0 Å². The number of rotatable bonds is 1. The van der Waals surface area contributed by atoms with Crippen LogP contribution in [0.15, 0.2) is 24.2 Å². The number of phenolic OH excluding ortho intramolecular Hbond substituents is 1. The van der Waals surface area contributed by atoms with Gasteiger partial charge in [-0.15, -0.1) is 0 Å². The van der Waals surface area contributed by atoms with Gasteiger partial charge in [0.15, 0.2) is 0 Å². The van der Waals surface area contributed by atoms with Crippen LogP contribution in [0.1, 0.15) is 18.7 Å². The Hall–Kier alpha value is -1.55. The molecule has 0 saturated carbocycles. The summed E-state index contributed by atoms with van der Waals surface area (Å²) in [6, 6.07) is -2.60. The van der Waals surface area contributed by atoms with Gasteiger partial charge in [0.2, 0.25) is 0 Å². The maximum atomic E-state index is 11.1. The van der Waals surface area contributed by atoms with E-state index >= 15 is 0 Å². The summed E-state index contributed by atoms with van der Waals surface area (Å²) in [6.07, 6.45) is 0. The van der Waals surface area contributed by atoms with Gasteiger partial charge in [0.25, 0.3) is 5.91 Å². The minimum atomic E-state index is -0.938. The molecule has 1 aromatic rings. The van der Waals surface area contributed by atoms with E-state index in [1.165, 1.54) is 0 Å². The maximum Gasteiger partial charge on any atom is 0.265 e. The molecular formula is C7H12N2O2. The predicted octanol–water partition coefficient (Wildman–Crippen LogP) is 0.488. The van der Waals surface area contributed by atoms with Crippen molar-refractivity contribution in [3.8, 4) is 5.75 Å². The molecule has 0 heterocycles. The predicted molar refractivity (Wildman–Crippen MR) is 44.0 cm³/mol. The molecule has 0 aliphatic carbocycles. The second-order valence-electron chi connectivity index (χ2n) is 1.70. The van der Waals surface area contributed by atoms with Gasteiger partial charge in [-0.05, 0) is 24.2 Å². The summed E-state index contributed by atoms with van der Waals surface area (Å²) in [5.41, 5.74) is 1.21. The number of aromatic hydroxyl groups is 1. The summed E-state index contributed by atoms with van der Waals surface area (Å²) in [7, 11) is 0. The summed E-state index contributed by atoms with van der Waals surface area (Å²) < 4.78 is 29.1. The Morgan fingerprint density at radius 2 is 2.18 bits per heavy atom. The SMILES string of the molecule is [2H]c1c([2H])c(C(=O)NN)c([2H])c([2H])c1O.[HH].[HH]. The first-order chi connectivity index (χ1) is 6.91. The Kier molecular flexibility index (Phi) is 1.03. The molecule has 11 heavy (non-hydrogen) atoms. The van der Waals surface area contributed by atoms with Crippen LogP contribution in [0, 0.1) is 0 Å². The van der Waals surface area contributed by atoms with Crippen molar-refractivity contribution in [1.82, 2.24) is 5.43 Å². The summed E-state index contributed by atoms with van der Waals surface area (Å²) >= 11 is 0. The third-order valence-corrected chi connectivity index (χ3v) is 0.970. The number of hydrazine groups is 1. The lowest BCUT2D eigenvalue weighted by molar-refractivity contribution is 0.0953. The molecule has 0 aliphatic rings. The lowest BCUT2D eigenvalue weighted by atomic mass is 10.2. The zero-order chi connectivity index (χ0) is 11.7. The highest BCUT2D eigenvalue weighted by molar-refractivity contribution is 5.93. The molecule has 1 amide bonds. The largest absolute Gasteiger partial charge is 0.508 e. The molecule has 1 rings (SSSR count). The fourth-order valence-electron chi connectivity index (χ4n) is 0.492. The summed E-state index contributed by atoms with van der Waals surface area (Å²) in [4.78, 5) is 11.1. The van der Waals surface area contributed by atoms with Gasteiger partial charge in [-0.1, -0.05) is 0 Å². The van der Waals surface area contributed by atoms with Crippen molar-refractivity contribution in [2.45, 2.75) is 0 Å². The molecule has 0 unspecified atom stereocenters. The highest BCUT2D eigenvalue weighted by Crippen LogP contribution is 2.08. The molecule has 62 valence electrons. The van der Waals surface area contributed by atoms with Crippen LogP contribution >= 0.6 is 0 Å². The molecule has 4 N–H and O–H groups in total. The zero-order valence-electron chi connectivity index (χ0n) is 9.43. The van der Waals surface area contributed by atoms with E-state index in [-0.39, 0.29) is 2.85 Å². The molecule has 0 aliphatic heterocycles. The number of carbonyl (C=O) groups is 1. The fourth-order valence-corrected chi connectivity index (χ4v) is 0.492. The first kappa shape index (κ1) is 3.73. The number of hydrogen-bond acceptors (Lipinski definition) is 3. The number of carbonyl (C=O) groups excluding carboxylic acids is 1. The number of nitrogens with two attached hydrogens (primary N) is 1. The summed E-state index contributed by atoms with van der Waals surface area (Å²) in [5, 5.41) is 9.17. The Bertz CT molecular complexity index is 410. The van der Waals surface area contributed by atoms with Gasteiger partial charge < -0.3 is 5.11 Å². The topological polar surface area (TPSA) is 75.4 Å². The Balaban J connectivity index is 0. The van der Waals surface area contributed by atoms with Gasteiger partial charge >= 0.3 is 0 Å². The lowest BCUT2D eigenvalue weighted by Gasteiger charge is -1.97. The van der Waals surface area contributed by atoms with Gasteiger partial charge in [-0.3, -0.25) is 10.2 Å². The van der Waals surface area contributed by atoms with E-state index in [0.29, 0.717) is 0 Å². The molecule has 1 aromatic carbocycles. The number of nitrogen functional groups attached to an aromatic ring is 1. The highest BCUT2D eigenvalue weighted by Gasteiger charge is 2.00. The van der Waals surface area contributed by atoms with Crippen molar-refractivity contribution in [3.05, 3.63) is 29.7 Å². The van der Waals surface area contributed by atoms with E-state index in [2.05, 4.69) is 0 Å². The number of nitrogens with one attached hydrogen (secondary N) is 1. The molecule has 4 heteroatoms. The molecule has 0 radical (unpaired) electrons. The first-order valence-electron chi connectivity index (χ1n) is 4.72. The lowest BCUT2D eigenvalue weighted by Crippen LogP contribution is -2.29. The monoisotopic (exact) mass is 160 g/mol. The molecule has 0 atom stereocenters. The summed E-state index contributed by atoms with van der Waals surface area (Å²) in [5.74, 6) is 3.10. The van der Waals surface area contributed by atoms with E-state index in [9.17, 15) is 4.79 Å². The quantitative estimate of drug-likeness (QED) is 0.318. The molecular weight excluding hydrogens is 144 g/mol. The summed E-state index contributed by atoms with van der Waals surface area (Å²) in [6.45, 7) is 0. The van der Waals surface area contributed by atoms with Gasteiger partial charge in [0, 0.05) is 8.42 Å². The van der Waals surface area contributed by atoms with Crippen LogP contribution < -0.4 is 11.3 Å². The third kappa shape index (κ3) is 1.68. The van der Waals surface area contributed by atoms with Gasteiger partial charge in [-0.2, -0.15) is 0 Å². The number of phenols is 1. The van der Waals surface area contributed by atoms with E-state index in [0.717, 1.165) is 0 Å². The second-order valence-corrected chi connectivity index (χ2v) is 1.70. The van der Waals surface area contributed by atoms with Crippen LogP contribution in [0.5, 0.6) is 5.75 Å². The van der Waals surface area contributed by atoms with Crippen LogP contribution in [0.2, 0.25) is 0 Å². The molecule has 0 spiro atoms. The standard InChI is InChI=1S/C7H8N2O2.2H2/c8-9-7(11)5-1-3-6(10)4-2-5;;/h1-4,10H,8H2,(H,9,11);2*1H/i1D,2D,3D,4D;;. The van der Waals surface area contributed by atoms with Crippen LogP contribution in [0.25, 0.3) is 0 Å². The van der Waals surface area contributed by atoms with Crippen LogP contribution in [0.3, 0.4) is 0 Å². The van der Waals surface area contributed by atoms with Gasteiger partial charge in [-0.25, -0.2) is 5.84 Å². The van der Waals surface area contributed by atoms with Crippen molar-refractivity contribution in [1.29, 1.82) is 0 Å². The van der Waals surface area contributed by atoms with Crippen LogP contribution in [0.4, 0.5) is 0 Å². The van der Waals surface area contributed by atoms with E-state index in [1.807, 2.05) is 0 Å². The van der Waals surface area contributed by atoms with E-state index in [4.69, 9.17) is 16.4 Å². The molecule has 0 bridgehead atoms. The van der Waals surface area contributed by atoms with Gasteiger partial charge in [0.05, 0.1) is 5.48 Å². The molecule has 0 saturated heterocycles. The Morgan fingerprint density at radius 3 is 2.64 bits per heavy atom. The smallest absolute Gasteiger partial charge is 0.265 e. The zero-order valence-corrected chi connectivity index (χ0v) is 5.43. The maximum absolute atomic E-state index is 11.1. The fraction of sp³-hybridized carbons (Fsp3) is 0. The average Bonchev–Trinajstić information content (AvgIpc) is 2.23. The Labute approximate surface area is 72.2 Å². The van der Waals surface area contributed by atoms with E-state index < -0.39 is 41.4 Å². The minimum Gasteiger partial charge on any atom is -0.508 e. The first-order valence-corrected chi connectivity index (χ1v) is 2.72. The van der Waals surface area contributed by atoms with Crippen molar-refractivity contribution < 1.29 is 18.2 Å². The van der Waals surface area contributed by atoms with E-state index in [1.54, 1.807) is 5.43 Å².